The average Bonchev–Trinajstić information content (AvgIpc) is 2.84. The van der Waals surface area contributed by atoms with Crippen molar-refractivity contribution in [2.45, 2.75) is 20.1 Å². The molecule has 0 unspecified atom stereocenters. The third kappa shape index (κ3) is 16.2. The van der Waals surface area contributed by atoms with E-state index in [1.165, 1.54) is 68.0 Å². The van der Waals surface area contributed by atoms with Crippen molar-refractivity contribution in [1.29, 1.82) is 0 Å². The molecule has 0 bridgehead atoms. The van der Waals surface area contributed by atoms with Crippen LogP contribution in [0.5, 0.6) is 0 Å². The maximum atomic E-state index is 11.3. The third-order valence-corrected chi connectivity index (χ3v) is 8.24. The molecule has 0 fully saturated rings. The van der Waals surface area contributed by atoms with Crippen LogP contribution in [0.15, 0.2) is 118 Å². The van der Waals surface area contributed by atoms with Gasteiger partial charge < -0.3 is 29.9 Å². The summed E-state index contributed by atoms with van der Waals surface area (Å²) in [6.07, 6.45) is 5.72. The average molecular weight is 647 g/mol. The Morgan fingerprint density at radius 3 is 0.795 bits per heavy atom. The Hall–Kier alpha value is -0.930. The van der Waals surface area contributed by atoms with Crippen molar-refractivity contribution in [3.63, 3.8) is 0 Å². The van der Waals surface area contributed by atoms with Crippen LogP contribution in [0, 0.1) is 20.8 Å². The SMILES string of the molecule is O=S(=O)([O-])[O-].[Na+].[Na+].[O-][n+]1ccccc1SSc1cccc[n+]1[O-].[O-][n+]1ccccc1SSc1cccc[n+]1[O-]. The maximum absolute atomic E-state index is 11.3. The zero-order chi connectivity index (χ0) is 27.3. The molecule has 0 aliphatic heterocycles. The van der Waals surface area contributed by atoms with Crippen LogP contribution >= 0.6 is 43.2 Å². The Labute approximate surface area is 284 Å². The number of hydrogen-bond acceptors (Lipinski definition) is 12. The minimum absolute atomic E-state index is 0. The van der Waals surface area contributed by atoms with Crippen LogP contribution in [0.2, 0.25) is 0 Å². The Balaban J connectivity index is 0.000000606. The summed E-state index contributed by atoms with van der Waals surface area (Å²) in [6, 6.07) is 20.6. The van der Waals surface area contributed by atoms with Crippen molar-refractivity contribution in [2.75, 3.05) is 0 Å². The molecule has 39 heavy (non-hydrogen) atoms. The molecular weight excluding hydrogens is 631 g/mol. The molecule has 4 heterocycles. The molecule has 0 saturated heterocycles. The molecule has 0 spiro atoms. The Morgan fingerprint density at radius 2 is 0.641 bits per heavy atom. The second-order valence-corrected chi connectivity index (χ2v) is 11.4. The Morgan fingerprint density at radius 1 is 0.462 bits per heavy atom. The van der Waals surface area contributed by atoms with Gasteiger partial charge >= 0.3 is 59.1 Å². The van der Waals surface area contributed by atoms with Crippen molar-refractivity contribution in [2.24, 2.45) is 0 Å². The van der Waals surface area contributed by atoms with Crippen LogP contribution < -0.4 is 78.0 Å². The predicted molar refractivity (Wildman–Crippen MR) is 136 cm³/mol. The first-order valence-corrected chi connectivity index (χ1v) is 15.3. The van der Waals surface area contributed by atoms with E-state index < -0.39 is 10.4 Å². The monoisotopic (exact) mass is 646 g/mol. The van der Waals surface area contributed by atoms with Crippen molar-refractivity contribution >= 4 is 53.6 Å². The first-order valence-electron chi connectivity index (χ1n) is 9.63. The van der Waals surface area contributed by atoms with E-state index >= 15 is 0 Å². The van der Waals surface area contributed by atoms with Crippen molar-refractivity contribution < 1.29 is 95.6 Å². The smallest absolute Gasteiger partial charge is 0.759 e. The van der Waals surface area contributed by atoms with Gasteiger partial charge in [-0.05, 0) is 24.3 Å². The molecule has 0 atom stereocenters. The third-order valence-electron chi connectivity index (χ3n) is 3.58. The van der Waals surface area contributed by atoms with Crippen LogP contribution in [-0.2, 0) is 10.4 Å². The quantitative estimate of drug-likeness (QED) is 0.0497. The van der Waals surface area contributed by atoms with Gasteiger partial charge in [-0.1, -0.05) is 0 Å². The molecule has 0 saturated carbocycles. The molecule has 12 nitrogen and oxygen atoms in total. The normalized spacial score (nSPS) is 9.90. The second-order valence-electron chi connectivity index (χ2n) is 6.20. The summed E-state index contributed by atoms with van der Waals surface area (Å²) in [5, 5.41) is 47.5. The van der Waals surface area contributed by atoms with Gasteiger partial charge in [0, 0.05) is 102 Å². The molecular formula is C20H16N4Na2O8S5. The number of rotatable bonds is 6. The summed E-state index contributed by atoms with van der Waals surface area (Å²) in [7, 11) is -0.124. The maximum Gasteiger partial charge on any atom is 1.00 e. The van der Waals surface area contributed by atoms with Gasteiger partial charge in [0.15, 0.2) is 24.8 Å². The molecule has 4 aromatic heterocycles. The van der Waals surface area contributed by atoms with Crippen molar-refractivity contribution in [1.82, 2.24) is 0 Å². The van der Waals surface area contributed by atoms with Crippen LogP contribution in [-0.4, -0.2) is 17.5 Å². The topological polar surface area (TPSA) is 188 Å². The van der Waals surface area contributed by atoms with Crippen LogP contribution in [0.4, 0.5) is 0 Å². The van der Waals surface area contributed by atoms with E-state index in [0.717, 1.165) is 18.9 Å². The summed E-state index contributed by atoms with van der Waals surface area (Å²) in [4.78, 5) is 0. The fraction of sp³-hybridized carbons (Fsp3) is 0. The standard InChI is InChI=1S/2C10H8N2O2S2.2Na.H2O4S/c2*13-11-7-3-1-5-9(11)15-16-10-6-2-4-8-12(10)14;;;1-5(2,3)4/h2*1-8H;;;(H2,1,2,3,4)/q;;2*+1;/p-2. The van der Waals surface area contributed by atoms with E-state index in [9.17, 15) is 20.8 Å². The van der Waals surface area contributed by atoms with E-state index in [2.05, 4.69) is 0 Å². The summed E-state index contributed by atoms with van der Waals surface area (Å²) in [5.41, 5.74) is 0. The molecule has 196 valence electrons. The first-order chi connectivity index (χ1) is 17.5. The fourth-order valence-corrected chi connectivity index (χ4v) is 6.07. The molecule has 0 aliphatic carbocycles. The van der Waals surface area contributed by atoms with Gasteiger partial charge in [-0.15, -0.1) is 0 Å². The van der Waals surface area contributed by atoms with E-state index in [0.29, 0.717) is 20.1 Å². The van der Waals surface area contributed by atoms with Gasteiger partial charge in [0.2, 0.25) is 0 Å². The van der Waals surface area contributed by atoms with Gasteiger partial charge in [0.1, 0.15) is 0 Å². The van der Waals surface area contributed by atoms with Gasteiger partial charge in [0.05, 0.1) is 0 Å². The van der Waals surface area contributed by atoms with Crippen LogP contribution in [0.3, 0.4) is 0 Å². The van der Waals surface area contributed by atoms with Crippen molar-refractivity contribution in [3.8, 4) is 0 Å². The number of hydrogen-bond donors (Lipinski definition) is 0. The minimum atomic E-state index is -5.17. The molecule has 0 radical (unpaired) electrons. The van der Waals surface area contributed by atoms with E-state index in [1.807, 2.05) is 0 Å². The minimum Gasteiger partial charge on any atom is -0.759 e. The summed E-state index contributed by atoms with van der Waals surface area (Å²) >= 11 is 0. The zero-order valence-electron chi connectivity index (χ0n) is 20.3. The van der Waals surface area contributed by atoms with Gasteiger partial charge in [-0.25, -0.2) is 0 Å². The second kappa shape index (κ2) is 20.0. The number of aromatic nitrogens is 4. The Kier molecular flexibility index (Phi) is 19.6. The van der Waals surface area contributed by atoms with Crippen LogP contribution in [0.25, 0.3) is 0 Å². The van der Waals surface area contributed by atoms with E-state index in [-0.39, 0.29) is 59.1 Å². The number of pyridine rings is 4. The molecule has 4 rings (SSSR count). The zero-order valence-corrected chi connectivity index (χ0v) is 28.4. The largest absolute Gasteiger partial charge is 1.00 e. The number of nitrogens with zero attached hydrogens (tertiary/aromatic N) is 4. The molecule has 0 aliphatic rings. The summed E-state index contributed by atoms with van der Waals surface area (Å²) < 4.78 is 37.2. The molecule has 19 heteroatoms. The van der Waals surface area contributed by atoms with Gasteiger partial charge in [0.25, 0.3) is 20.1 Å². The summed E-state index contributed by atoms with van der Waals surface area (Å²) in [5.74, 6) is 0. The predicted octanol–water partition coefficient (Wildman–Crippen LogP) is -3.82. The molecule has 4 aromatic rings. The van der Waals surface area contributed by atoms with Crippen LogP contribution in [0.1, 0.15) is 0 Å². The fourth-order valence-electron chi connectivity index (χ4n) is 2.08. The first kappa shape index (κ1) is 38.1. The van der Waals surface area contributed by atoms with E-state index in [4.69, 9.17) is 17.5 Å². The molecule has 0 amide bonds. The summed E-state index contributed by atoms with van der Waals surface area (Å²) in [6.45, 7) is 0. The molecule has 0 N–H and O–H groups in total. The van der Waals surface area contributed by atoms with Gasteiger partial charge in [-0.3, -0.25) is 8.42 Å². The van der Waals surface area contributed by atoms with Crippen molar-refractivity contribution in [3.05, 3.63) is 118 Å². The Bertz CT molecular complexity index is 1220. The molecule has 0 aromatic carbocycles. The van der Waals surface area contributed by atoms with Gasteiger partial charge in [-0.2, -0.15) is 18.9 Å². The van der Waals surface area contributed by atoms with E-state index in [1.54, 1.807) is 72.8 Å².